The minimum atomic E-state index is -4.84. The molecule has 1 unspecified atom stereocenters. The summed E-state index contributed by atoms with van der Waals surface area (Å²) in [6.45, 7) is 1.90. The van der Waals surface area contributed by atoms with Gasteiger partial charge in [-0.3, -0.25) is 14.5 Å². The van der Waals surface area contributed by atoms with Crippen molar-refractivity contribution in [1.82, 2.24) is 15.1 Å². The highest BCUT2D eigenvalue weighted by molar-refractivity contribution is 6.09. The van der Waals surface area contributed by atoms with Crippen LogP contribution in [-0.2, 0) is 28.1 Å². The Morgan fingerprint density at radius 1 is 1.09 bits per heavy atom. The fourth-order valence-electron chi connectivity index (χ4n) is 3.97. The van der Waals surface area contributed by atoms with Crippen LogP contribution in [0.2, 0.25) is 0 Å². The molecule has 0 aliphatic carbocycles. The number of ether oxygens (including phenoxy) is 1. The molecule has 168 valence electrons. The Kier molecular flexibility index (Phi) is 5.31. The summed E-state index contributed by atoms with van der Waals surface area (Å²) in [7, 11) is 0. The summed E-state index contributed by atoms with van der Waals surface area (Å²) in [4.78, 5) is 40.8. The number of alkyl halides is 3. The van der Waals surface area contributed by atoms with Gasteiger partial charge in [0, 0.05) is 13.1 Å². The average molecular weight is 447 g/mol. The molecule has 2 aliphatic rings. The highest BCUT2D eigenvalue weighted by Crippen LogP contribution is 2.31. The second kappa shape index (κ2) is 7.85. The van der Waals surface area contributed by atoms with E-state index in [9.17, 15) is 27.6 Å². The van der Waals surface area contributed by atoms with Gasteiger partial charge in [0.15, 0.2) is 0 Å². The molecule has 0 radical (unpaired) electrons. The number of carbonyl (C=O) groups excluding carboxylic acids is 3. The first kappa shape index (κ1) is 21.7. The highest BCUT2D eigenvalue weighted by atomic mass is 19.4. The van der Waals surface area contributed by atoms with Crippen molar-refractivity contribution in [3.05, 3.63) is 65.2 Å². The number of halogens is 3. The second-order valence-corrected chi connectivity index (χ2v) is 7.85. The SMILES string of the molecule is CC1(c2ccc(OC(F)(F)F)cc2)NC(=O)N(CC(=O)N2CCc3ccccc3C2)C1=O. The van der Waals surface area contributed by atoms with Crippen LogP contribution in [0.5, 0.6) is 5.75 Å². The summed E-state index contributed by atoms with van der Waals surface area (Å²) in [5, 5.41) is 2.54. The van der Waals surface area contributed by atoms with Gasteiger partial charge in [0.25, 0.3) is 5.91 Å². The van der Waals surface area contributed by atoms with Gasteiger partial charge in [-0.25, -0.2) is 4.79 Å². The average Bonchev–Trinajstić information content (AvgIpc) is 2.96. The van der Waals surface area contributed by atoms with E-state index in [-0.39, 0.29) is 11.5 Å². The van der Waals surface area contributed by atoms with Gasteiger partial charge in [-0.05, 0) is 42.2 Å². The minimum absolute atomic E-state index is 0.271. The number of hydrogen-bond acceptors (Lipinski definition) is 4. The zero-order valence-corrected chi connectivity index (χ0v) is 17.1. The molecule has 0 saturated carbocycles. The maximum atomic E-state index is 13.0. The lowest BCUT2D eigenvalue weighted by Crippen LogP contribution is -2.45. The first-order valence-electron chi connectivity index (χ1n) is 9.92. The monoisotopic (exact) mass is 447 g/mol. The molecule has 10 heteroatoms. The third-order valence-corrected chi connectivity index (χ3v) is 5.72. The van der Waals surface area contributed by atoms with Crippen molar-refractivity contribution >= 4 is 17.8 Å². The molecule has 4 amide bonds. The quantitative estimate of drug-likeness (QED) is 0.732. The van der Waals surface area contributed by atoms with Crippen LogP contribution in [0.25, 0.3) is 0 Å². The van der Waals surface area contributed by atoms with Crippen LogP contribution in [0, 0.1) is 0 Å². The number of amides is 4. The molecule has 4 rings (SSSR count). The second-order valence-electron chi connectivity index (χ2n) is 7.85. The molecule has 1 atom stereocenters. The topological polar surface area (TPSA) is 79.0 Å². The van der Waals surface area contributed by atoms with Crippen LogP contribution in [0.15, 0.2) is 48.5 Å². The normalized spacial score (nSPS) is 20.8. The fraction of sp³-hybridized carbons (Fsp3) is 0.318. The Labute approximate surface area is 181 Å². The number of nitrogens with one attached hydrogen (secondary N) is 1. The highest BCUT2D eigenvalue weighted by Gasteiger charge is 2.49. The van der Waals surface area contributed by atoms with Gasteiger partial charge >= 0.3 is 12.4 Å². The third-order valence-electron chi connectivity index (χ3n) is 5.72. The van der Waals surface area contributed by atoms with Crippen molar-refractivity contribution in [3.63, 3.8) is 0 Å². The van der Waals surface area contributed by atoms with E-state index in [4.69, 9.17) is 0 Å². The van der Waals surface area contributed by atoms with Gasteiger partial charge < -0.3 is 15.0 Å². The number of hydrogen-bond donors (Lipinski definition) is 1. The van der Waals surface area contributed by atoms with E-state index in [1.54, 1.807) is 4.90 Å². The van der Waals surface area contributed by atoms with Crippen molar-refractivity contribution in [3.8, 4) is 5.75 Å². The Morgan fingerprint density at radius 3 is 2.41 bits per heavy atom. The third kappa shape index (κ3) is 4.12. The fourth-order valence-corrected chi connectivity index (χ4v) is 3.97. The van der Waals surface area contributed by atoms with E-state index in [0.29, 0.717) is 19.5 Å². The van der Waals surface area contributed by atoms with Crippen molar-refractivity contribution < 1.29 is 32.3 Å². The van der Waals surface area contributed by atoms with Crippen molar-refractivity contribution in [1.29, 1.82) is 0 Å². The summed E-state index contributed by atoms with van der Waals surface area (Å²) in [6.07, 6.45) is -4.15. The van der Waals surface area contributed by atoms with E-state index in [1.165, 1.54) is 19.1 Å². The number of imide groups is 1. The summed E-state index contributed by atoms with van der Waals surface area (Å²) >= 11 is 0. The largest absolute Gasteiger partial charge is 0.573 e. The zero-order chi connectivity index (χ0) is 23.1. The van der Waals surface area contributed by atoms with Crippen LogP contribution < -0.4 is 10.1 Å². The number of rotatable bonds is 4. The lowest BCUT2D eigenvalue weighted by molar-refractivity contribution is -0.274. The Bertz CT molecular complexity index is 1070. The summed E-state index contributed by atoms with van der Waals surface area (Å²) in [5.74, 6) is -1.46. The van der Waals surface area contributed by atoms with Gasteiger partial charge in [0.05, 0.1) is 0 Å². The Morgan fingerprint density at radius 2 is 1.75 bits per heavy atom. The lowest BCUT2D eigenvalue weighted by Gasteiger charge is -2.30. The molecule has 0 bridgehead atoms. The molecular formula is C22H20F3N3O4. The molecule has 1 N–H and O–H groups in total. The zero-order valence-electron chi connectivity index (χ0n) is 17.1. The van der Waals surface area contributed by atoms with Crippen LogP contribution >= 0.6 is 0 Å². The molecule has 2 aromatic carbocycles. The van der Waals surface area contributed by atoms with Crippen LogP contribution in [0.4, 0.5) is 18.0 Å². The van der Waals surface area contributed by atoms with Crippen LogP contribution in [0.3, 0.4) is 0 Å². The molecule has 7 nitrogen and oxygen atoms in total. The lowest BCUT2D eigenvalue weighted by atomic mass is 9.92. The summed E-state index contributed by atoms with van der Waals surface area (Å²) < 4.78 is 40.9. The predicted molar refractivity (Wildman–Crippen MR) is 106 cm³/mol. The predicted octanol–water partition coefficient (Wildman–Crippen LogP) is 2.94. The molecule has 2 heterocycles. The summed E-state index contributed by atoms with van der Waals surface area (Å²) in [6, 6.07) is 11.7. The van der Waals surface area contributed by atoms with Crippen molar-refractivity contribution in [2.24, 2.45) is 0 Å². The van der Waals surface area contributed by atoms with E-state index >= 15 is 0 Å². The molecule has 0 aromatic heterocycles. The first-order chi connectivity index (χ1) is 15.1. The van der Waals surface area contributed by atoms with E-state index < -0.39 is 36.1 Å². The van der Waals surface area contributed by atoms with E-state index in [2.05, 4.69) is 10.1 Å². The molecule has 0 spiro atoms. The number of benzene rings is 2. The van der Waals surface area contributed by atoms with Crippen LogP contribution in [-0.4, -0.2) is 47.1 Å². The van der Waals surface area contributed by atoms with E-state index in [0.717, 1.165) is 28.2 Å². The maximum absolute atomic E-state index is 13.0. The maximum Gasteiger partial charge on any atom is 0.573 e. The smallest absolute Gasteiger partial charge is 0.406 e. The summed E-state index contributed by atoms with van der Waals surface area (Å²) in [5.41, 5.74) is 0.947. The van der Waals surface area contributed by atoms with Crippen LogP contribution in [0.1, 0.15) is 23.6 Å². The minimum Gasteiger partial charge on any atom is -0.406 e. The number of carbonyl (C=O) groups is 3. The van der Waals surface area contributed by atoms with Crippen molar-refractivity contribution in [2.75, 3.05) is 13.1 Å². The molecular weight excluding hydrogens is 427 g/mol. The number of nitrogens with zero attached hydrogens (tertiary/aromatic N) is 2. The standard InChI is InChI=1S/C22H20F3N3O4/c1-21(16-6-8-17(9-7-16)32-22(23,24)25)19(30)28(20(31)26-21)13-18(29)27-11-10-14-4-2-3-5-15(14)12-27/h2-9H,10-13H2,1H3,(H,26,31). The van der Waals surface area contributed by atoms with Gasteiger partial charge in [-0.15, -0.1) is 13.2 Å². The van der Waals surface area contributed by atoms with Crippen molar-refractivity contribution in [2.45, 2.75) is 31.8 Å². The first-order valence-corrected chi connectivity index (χ1v) is 9.92. The number of fused-ring (bicyclic) bond motifs is 1. The van der Waals surface area contributed by atoms with E-state index in [1.807, 2.05) is 24.3 Å². The molecule has 1 saturated heterocycles. The molecule has 2 aromatic rings. The van der Waals surface area contributed by atoms with Gasteiger partial charge in [0.2, 0.25) is 5.91 Å². The molecule has 1 fully saturated rings. The van der Waals surface area contributed by atoms with Gasteiger partial charge in [-0.1, -0.05) is 36.4 Å². The Hall–Kier alpha value is -3.56. The van der Waals surface area contributed by atoms with Gasteiger partial charge in [0.1, 0.15) is 17.8 Å². The molecule has 32 heavy (non-hydrogen) atoms. The number of urea groups is 1. The Balaban J connectivity index is 1.46. The van der Waals surface area contributed by atoms with Gasteiger partial charge in [-0.2, -0.15) is 0 Å². The molecule has 2 aliphatic heterocycles.